The van der Waals surface area contributed by atoms with Gasteiger partial charge in [0.15, 0.2) is 8.32 Å². The summed E-state index contributed by atoms with van der Waals surface area (Å²) in [7, 11) is -5.93. The maximum Gasteiger partial charge on any atom is 0.268 e. The minimum atomic E-state index is -3.92. The van der Waals surface area contributed by atoms with E-state index in [0.29, 0.717) is 24.0 Å². The van der Waals surface area contributed by atoms with E-state index in [1.54, 1.807) is 36.4 Å². The Bertz CT molecular complexity index is 1380. The van der Waals surface area contributed by atoms with Crippen molar-refractivity contribution >= 4 is 52.4 Å². The molecule has 6 nitrogen and oxygen atoms in total. The fraction of sp³-hybridized carbons (Fsp3) is 0.462. The Morgan fingerprint density at radius 3 is 2.33 bits per heavy atom. The van der Waals surface area contributed by atoms with E-state index >= 15 is 0 Å². The summed E-state index contributed by atoms with van der Waals surface area (Å²) in [6, 6.07) is 9.82. The summed E-state index contributed by atoms with van der Waals surface area (Å²) < 4.78 is 40.7. The van der Waals surface area contributed by atoms with Crippen LogP contribution in [0.1, 0.15) is 39.2 Å². The Labute approximate surface area is 224 Å². The topological polar surface area (TPSA) is 77.8 Å². The molecule has 196 valence electrons. The van der Waals surface area contributed by atoms with Gasteiger partial charge in [0.05, 0.1) is 32.7 Å². The van der Waals surface area contributed by atoms with Crippen LogP contribution in [0, 0.1) is 6.92 Å². The van der Waals surface area contributed by atoms with E-state index in [1.807, 2.05) is 6.92 Å². The van der Waals surface area contributed by atoms with Gasteiger partial charge < -0.3 is 14.3 Å². The summed E-state index contributed by atoms with van der Waals surface area (Å²) >= 11 is 12.9. The molecule has 0 aliphatic heterocycles. The van der Waals surface area contributed by atoms with Crippen LogP contribution < -0.4 is 4.74 Å². The monoisotopic (exact) mass is 569 g/mol. The number of halogens is 2. The summed E-state index contributed by atoms with van der Waals surface area (Å²) in [6.07, 6.45) is 1.10. The van der Waals surface area contributed by atoms with Crippen molar-refractivity contribution in [2.24, 2.45) is 0 Å². The third kappa shape index (κ3) is 5.08. The van der Waals surface area contributed by atoms with Crippen molar-refractivity contribution in [3.63, 3.8) is 0 Å². The number of ether oxygens (including phenoxy) is 1. The molecule has 3 unspecified atom stereocenters. The van der Waals surface area contributed by atoms with Gasteiger partial charge >= 0.3 is 0 Å². The lowest BCUT2D eigenvalue weighted by atomic mass is 10.2. The van der Waals surface area contributed by atoms with Crippen molar-refractivity contribution in [3.8, 4) is 5.75 Å². The molecule has 36 heavy (non-hydrogen) atoms. The van der Waals surface area contributed by atoms with Crippen molar-refractivity contribution in [1.82, 2.24) is 3.97 Å². The zero-order valence-corrected chi connectivity index (χ0v) is 24.7. The number of hydrogen-bond acceptors (Lipinski definition) is 5. The van der Waals surface area contributed by atoms with Gasteiger partial charge in [0, 0.05) is 30.5 Å². The Balaban J connectivity index is 1.66. The summed E-state index contributed by atoms with van der Waals surface area (Å²) in [6.45, 7) is 12.8. The van der Waals surface area contributed by atoms with E-state index in [0.717, 1.165) is 9.54 Å². The quantitative estimate of drug-likeness (QED) is 0.331. The third-order valence-electron chi connectivity index (χ3n) is 7.35. The summed E-state index contributed by atoms with van der Waals surface area (Å²) in [5.74, 6) is 0.370. The number of aromatic nitrogens is 1. The lowest BCUT2D eigenvalue weighted by Gasteiger charge is -2.38. The van der Waals surface area contributed by atoms with E-state index in [2.05, 4.69) is 33.9 Å². The van der Waals surface area contributed by atoms with Gasteiger partial charge in [-0.15, -0.1) is 0 Å². The molecule has 1 aliphatic carbocycles. The van der Waals surface area contributed by atoms with Crippen molar-refractivity contribution in [3.05, 3.63) is 58.2 Å². The number of benzene rings is 2. The number of hydrogen-bond donors (Lipinski definition) is 1. The number of rotatable bonds is 6. The predicted molar refractivity (Wildman–Crippen MR) is 147 cm³/mol. The van der Waals surface area contributed by atoms with E-state index in [1.165, 1.54) is 6.20 Å². The van der Waals surface area contributed by atoms with Crippen LogP contribution in [0.25, 0.3) is 10.9 Å². The molecular weight excluding hydrogens is 537 g/mol. The van der Waals surface area contributed by atoms with Gasteiger partial charge in [-0.1, -0.05) is 61.7 Å². The SMILES string of the molecule is Cc1ccc(S(=O)(=O)n2ccc3c(OC4CC(O[Si](C)(C)C(C)(C)C)CC4O)cc(Cl)c(Cl)c32)cc1. The van der Waals surface area contributed by atoms with E-state index in [-0.39, 0.29) is 31.6 Å². The number of aryl methyl sites for hydroxylation is 1. The summed E-state index contributed by atoms with van der Waals surface area (Å²) in [5, 5.41) is 11.6. The Kier molecular flexibility index (Phi) is 7.36. The van der Waals surface area contributed by atoms with Gasteiger partial charge in [0.1, 0.15) is 11.9 Å². The lowest BCUT2D eigenvalue weighted by molar-refractivity contribution is 0.0613. The summed E-state index contributed by atoms with van der Waals surface area (Å²) in [4.78, 5) is 0.140. The number of aliphatic hydroxyl groups excluding tert-OH is 1. The van der Waals surface area contributed by atoms with Gasteiger partial charge in [0.25, 0.3) is 10.0 Å². The molecule has 1 aromatic heterocycles. The summed E-state index contributed by atoms with van der Waals surface area (Å²) in [5.41, 5.74) is 1.19. The minimum absolute atomic E-state index is 0.0542. The molecule has 2 aromatic carbocycles. The molecule has 1 aliphatic rings. The van der Waals surface area contributed by atoms with Crippen LogP contribution in [0.2, 0.25) is 28.2 Å². The highest BCUT2D eigenvalue weighted by Crippen LogP contribution is 2.43. The molecule has 3 atom stereocenters. The smallest absolute Gasteiger partial charge is 0.268 e. The Morgan fingerprint density at radius 2 is 1.72 bits per heavy atom. The van der Waals surface area contributed by atoms with Crippen molar-refractivity contribution in [2.75, 3.05) is 0 Å². The fourth-order valence-electron chi connectivity index (χ4n) is 4.23. The molecule has 0 spiro atoms. The molecule has 10 heteroatoms. The average molecular weight is 571 g/mol. The molecule has 0 bridgehead atoms. The second-order valence-electron chi connectivity index (χ2n) is 11.1. The van der Waals surface area contributed by atoms with Crippen molar-refractivity contribution < 1.29 is 22.7 Å². The number of fused-ring (bicyclic) bond motifs is 1. The maximum absolute atomic E-state index is 13.4. The second kappa shape index (κ2) is 9.64. The first kappa shape index (κ1) is 27.5. The van der Waals surface area contributed by atoms with Crippen LogP contribution in [-0.2, 0) is 14.4 Å². The van der Waals surface area contributed by atoms with Crippen LogP contribution in [-0.4, -0.2) is 44.1 Å². The minimum Gasteiger partial charge on any atom is -0.487 e. The zero-order valence-electron chi connectivity index (χ0n) is 21.4. The average Bonchev–Trinajstić information content (AvgIpc) is 3.35. The second-order valence-corrected chi connectivity index (χ2v) is 18.4. The molecule has 0 saturated heterocycles. The molecule has 3 aromatic rings. The molecule has 4 rings (SSSR count). The van der Waals surface area contributed by atoms with Gasteiger partial charge in [-0.3, -0.25) is 0 Å². The van der Waals surface area contributed by atoms with Crippen LogP contribution in [0.3, 0.4) is 0 Å². The Morgan fingerprint density at radius 1 is 1.08 bits per heavy atom. The molecule has 1 fully saturated rings. The van der Waals surface area contributed by atoms with Crippen LogP contribution in [0.15, 0.2) is 47.5 Å². The molecule has 0 radical (unpaired) electrons. The molecule has 1 saturated carbocycles. The number of aliphatic hydroxyl groups is 1. The normalized spacial score (nSPS) is 21.3. The standard InChI is InChI=1S/C26H33Cl2NO5SSi/c1-16-7-9-18(10-8-16)35(31,32)29-12-11-19-22(15-20(27)24(28)25(19)29)33-23-14-17(13-21(23)30)34-36(5,6)26(2,3)4/h7-12,15,17,21,23,30H,13-14H2,1-6H3. The first-order chi connectivity index (χ1) is 16.6. The highest BCUT2D eigenvalue weighted by Gasteiger charge is 2.43. The highest BCUT2D eigenvalue weighted by molar-refractivity contribution is 7.90. The first-order valence-corrected chi connectivity index (χ1v) is 17.1. The predicted octanol–water partition coefficient (Wildman–Crippen LogP) is 6.79. The highest BCUT2D eigenvalue weighted by atomic mass is 35.5. The van der Waals surface area contributed by atoms with Gasteiger partial charge in [-0.25, -0.2) is 12.4 Å². The lowest BCUT2D eigenvalue weighted by Crippen LogP contribution is -2.43. The first-order valence-electron chi connectivity index (χ1n) is 12.0. The van der Waals surface area contributed by atoms with Gasteiger partial charge in [-0.2, -0.15) is 0 Å². The van der Waals surface area contributed by atoms with Crippen LogP contribution >= 0.6 is 23.2 Å². The van der Waals surface area contributed by atoms with E-state index < -0.39 is 30.5 Å². The van der Waals surface area contributed by atoms with Crippen molar-refractivity contribution in [2.45, 2.75) is 81.9 Å². The Hall–Kier alpha value is -1.55. The molecule has 0 amide bonds. The van der Waals surface area contributed by atoms with Crippen molar-refractivity contribution in [1.29, 1.82) is 0 Å². The fourth-order valence-corrected chi connectivity index (χ4v) is 7.46. The molecule has 1 heterocycles. The van der Waals surface area contributed by atoms with Gasteiger partial charge in [0.2, 0.25) is 0 Å². The van der Waals surface area contributed by atoms with Gasteiger partial charge in [-0.05, 0) is 43.3 Å². The zero-order chi connectivity index (χ0) is 26.6. The molecule has 1 N–H and O–H groups in total. The van der Waals surface area contributed by atoms with Crippen LogP contribution in [0.5, 0.6) is 5.75 Å². The third-order valence-corrected chi connectivity index (χ3v) is 14.3. The maximum atomic E-state index is 13.4. The van der Waals surface area contributed by atoms with E-state index in [9.17, 15) is 13.5 Å². The largest absolute Gasteiger partial charge is 0.487 e. The molecular formula is C26H33Cl2NO5SSi. The van der Waals surface area contributed by atoms with E-state index in [4.69, 9.17) is 32.4 Å². The van der Waals surface area contributed by atoms with Crippen LogP contribution in [0.4, 0.5) is 0 Å². The number of nitrogens with zero attached hydrogens (tertiary/aromatic N) is 1.